The molecular formula is C28H25NO7. The molecule has 0 amide bonds. The first kappa shape index (κ1) is 24.5. The smallest absolute Gasteiger partial charge is 0.363 e. The van der Waals surface area contributed by atoms with Gasteiger partial charge in [-0.05, 0) is 74.0 Å². The van der Waals surface area contributed by atoms with Crippen molar-refractivity contribution in [3.05, 3.63) is 89.1 Å². The lowest BCUT2D eigenvalue weighted by Gasteiger charge is -2.12. The first-order chi connectivity index (χ1) is 17.5. The summed E-state index contributed by atoms with van der Waals surface area (Å²) in [6.45, 7) is 4.63. The summed E-state index contributed by atoms with van der Waals surface area (Å²) >= 11 is 0. The van der Waals surface area contributed by atoms with Crippen molar-refractivity contribution < 1.29 is 33.3 Å². The summed E-state index contributed by atoms with van der Waals surface area (Å²) in [6, 6.07) is 18.9. The number of nitrogens with zero attached hydrogens (tertiary/aromatic N) is 1. The Bertz CT molecular complexity index is 1330. The van der Waals surface area contributed by atoms with Crippen LogP contribution in [0.2, 0.25) is 0 Å². The Hall–Kier alpha value is -4.59. The van der Waals surface area contributed by atoms with Crippen LogP contribution < -0.4 is 18.9 Å². The highest BCUT2D eigenvalue weighted by molar-refractivity contribution is 6.12. The van der Waals surface area contributed by atoms with Crippen LogP contribution in [0.25, 0.3) is 6.08 Å². The molecule has 36 heavy (non-hydrogen) atoms. The molecule has 0 saturated heterocycles. The minimum atomic E-state index is -0.580. The fourth-order valence-corrected chi connectivity index (χ4v) is 3.49. The van der Waals surface area contributed by atoms with Gasteiger partial charge in [-0.3, -0.25) is 0 Å². The fraction of sp³-hybridized carbons (Fsp3) is 0.179. The van der Waals surface area contributed by atoms with E-state index in [9.17, 15) is 9.59 Å². The van der Waals surface area contributed by atoms with Crippen molar-refractivity contribution >= 4 is 23.9 Å². The van der Waals surface area contributed by atoms with Gasteiger partial charge < -0.3 is 23.7 Å². The topological polar surface area (TPSA) is 92.7 Å². The van der Waals surface area contributed by atoms with Gasteiger partial charge in [0.05, 0.1) is 20.3 Å². The molecule has 1 aliphatic rings. The third-order valence-corrected chi connectivity index (χ3v) is 5.13. The molecule has 184 valence electrons. The summed E-state index contributed by atoms with van der Waals surface area (Å²) in [4.78, 5) is 29.5. The quantitative estimate of drug-likeness (QED) is 0.237. The number of hydrogen-bond donors (Lipinski definition) is 0. The maximum absolute atomic E-state index is 12.7. The zero-order valence-electron chi connectivity index (χ0n) is 20.1. The molecule has 3 aromatic carbocycles. The number of para-hydroxylation sites is 1. The van der Waals surface area contributed by atoms with Crippen LogP contribution in [0, 0.1) is 0 Å². The zero-order valence-corrected chi connectivity index (χ0v) is 20.1. The molecule has 0 aliphatic carbocycles. The van der Waals surface area contributed by atoms with Crippen LogP contribution in [0.15, 0.2) is 77.4 Å². The van der Waals surface area contributed by atoms with Gasteiger partial charge in [0.1, 0.15) is 17.1 Å². The van der Waals surface area contributed by atoms with Crippen molar-refractivity contribution in [1.82, 2.24) is 0 Å². The van der Waals surface area contributed by atoms with Gasteiger partial charge in [0.25, 0.3) is 0 Å². The van der Waals surface area contributed by atoms with Gasteiger partial charge in [0.15, 0.2) is 17.2 Å². The van der Waals surface area contributed by atoms with Crippen molar-refractivity contribution in [2.24, 2.45) is 4.99 Å². The van der Waals surface area contributed by atoms with Crippen molar-refractivity contribution in [3.8, 4) is 23.0 Å². The average molecular weight is 488 g/mol. The first-order valence-corrected chi connectivity index (χ1v) is 11.4. The fourth-order valence-electron chi connectivity index (χ4n) is 3.49. The van der Waals surface area contributed by atoms with E-state index in [-0.39, 0.29) is 17.3 Å². The zero-order chi connectivity index (χ0) is 25.5. The summed E-state index contributed by atoms with van der Waals surface area (Å²) in [6.07, 6.45) is 1.58. The monoisotopic (exact) mass is 487 g/mol. The Morgan fingerprint density at radius 2 is 1.67 bits per heavy atom. The number of ether oxygens (including phenoxy) is 5. The highest BCUT2D eigenvalue weighted by Gasteiger charge is 2.24. The lowest BCUT2D eigenvalue weighted by atomic mass is 10.1. The molecule has 8 nitrogen and oxygen atoms in total. The number of cyclic esters (lactones) is 1. The van der Waals surface area contributed by atoms with Crippen LogP contribution in [0.1, 0.15) is 35.3 Å². The van der Waals surface area contributed by atoms with E-state index in [2.05, 4.69) is 4.99 Å². The number of carbonyl (C=O) groups excluding carboxylic acids is 2. The number of benzene rings is 3. The average Bonchev–Trinajstić information content (AvgIpc) is 3.26. The molecule has 0 atom stereocenters. The normalized spacial score (nSPS) is 13.7. The van der Waals surface area contributed by atoms with Gasteiger partial charge in [-0.25, -0.2) is 14.6 Å². The molecule has 4 rings (SSSR count). The molecule has 0 spiro atoms. The van der Waals surface area contributed by atoms with Crippen LogP contribution in [0.4, 0.5) is 0 Å². The van der Waals surface area contributed by atoms with Gasteiger partial charge in [0, 0.05) is 5.56 Å². The van der Waals surface area contributed by atoms with Crippen LogP contribution >= 0.6 is 0 Å². The summed E-state index contributed by atoms with van der Waals surface area (Å²) in [5, 5.41) is 0. The third-order valence-electron chi connectivity index (χ3n) is 5.13. The highest BCUT2D eigenvalue weighted by atomic mass is 16.6. The van der Waals surface area contributed by atoms with E-state index in [1.807, 2.05) is 13.8 Å². The predicted molar refractivity (Wildman–Crippen MR) is 134 cm³/mol. The van der Waals surface area contributed by atoms with E-state index in [1.165, 1.54) is 7.11 Å². The van der Waals surface area contributed by atoms with E-state index in [0.29, 0.717) is 41.4 Å². The van der Waals surface area contributed by atoms with Gasteiger partial charge in [-0.15, -0.1) is 0 Å². The minimum Gasteiger partial charge on any atom is -0.496 e. The summed E-state index contributed by atoms with van der Waals surface area (Å²) in [5.41, 5.74) is 1.71. The lowest BCUT2D eigenvalue weighted by Crippen LogP contribution is -2.11. The van der Waals surface area contributed by atoms with E-state index < -0.39 is 11.9 Å². The number of esters is 2. The molecule has 0 fully saturated rings. The van der Waals surface area contributed by atoms with E-state index in [4.69, 9.17) is 23.7 Å². The number of rotatable bonds is 9. The molecule has 0 unspecified atom stereocenters. The predicted octanol–water partition coefficient (Wildman–Crippen LogP) is 5.06. The van der Waals surface area contributed by atoms with E-state index in [1.54, 1.807) is 72.8 Å². The van der Waals surface area contributed by atoms with E-state index >= 15 is 0 Å². The maximum atomic E-state index is 12.7. The van der Waals surface area contributed by atoms with Crippen molar-refractivity contribution in [1.29, 1.82) is 0 Å². The van der Waals surface area contributed by atoms with Gasteiger partial charge >= 0.3 is 11.9 Å². The van der Waals surface area contributed by atoms with Gasteiger partial charge in [-0.2, -0.15) is 0 Å². The molecule has 0 aromatic heterocycles. The minimum absolute atomic E-state index is 0.139. The highest BCUT2D eigenvalue weighted by Crippen LogP contribution is 2.32. The Kier molecular flexibility index (Phi) is 7.65. The summed E-state index contributed by atoms with van der Waals surface area (Å²) < 4.78 is 27.3. The molecule has 0 radical (unpaired) electrons. The Morgan fingerprint density at radius 1 is 0.917 bits per heavy atom. The van der Waals surface area contributed by atoms with Crippen molar-refractivity contribution in [2.45, 2.75) is 13.8 Å². The lowest BCUT2D eigenvalue weighted by molar-refractivity contribution is -0.129. The molecule has 1 aliphatic heterocycles. The van der Waals surface area contributed by atoms with Crippen LogP contribution in [-0.4, -0.2) is 38.2 Å². The molecule has 1 heterocycles. The molecule has 3 aromatic rings. The Balaban J connectivity index is 1.57. The number of methoxy groups -OCH3 is 1. The molecule has 8 heteroatoms. The molecule has 0 N–H and O–H groups in total. The first-order valence-electron chi connectivity index (χ1n) is 11.4. The summed E-state index contributed by atoms with van der Waals surface area (Å²) in [7, 11) is 1.48. The van der Waals surface area contributed by atoms with E-state index in [0.717, 1.165) is 5.75 Å². The van der Waals surface area contributed by atoms with Crippen LogP contribution in [0.3, 0.4) is 0 Å². The Labute approximate surface area is 208 Å². The molecule has 0 bridgehead atoms. The van der Waals surface area contributed by atoms with Crippen LogP contribution in [-0.2, 0) is 9.53 Å². The number of carbonyl (C=O) groups is 2. The summed E-state index contributed by atoms with van der Waals surface area (Å²) in [5.74, 6) is 0.771. The number of aliphatic imine (C=N–C) groups is 1. The number of hydrogen-bond acceptors (Lipinski definition) is 8. The second kappa shape index (κ2) is 11.2. The second-order valence-corrected chi connectivity index (χ2v) is 7.52. The van der Waals surface area contributed by atoms with Gasteiger partial charge in [-0.1, -0.05) is 18.2 Å². The second-order valence-electron chi connectivity index (χ2n) is 7.52. The SMILES string of the molecule is CCOc1ccc(C2=NC(=Cc3ccc(OC(=O)c4ccccc4OC)c(OCC)c3)C(=O)O2)cc1. The molecule has 0 saturated carbocycles. The van der Waals surface area contributed by atoms with Crippen molar-refractivity contribution in [2.75, 3.05) is 20.3 Å². The van der Waals surface area contributed by atoms with Crippen molar-refractivity contribution in [3.63, 3.8) is 0 Å². The maximum Gasteiger partial charge on any atom is 0.363 e. The standard InChI is InChI=1S/C28H25NO7/c1-4-33-20-13-11-19(12-14-20)26-29-22(28(31)36-26)16-18-10-15-24(25(17-18)34-5-2)35-27(30)21-8-6-7-9-23(21)32-3/h6-17H,4-5H2,1-3H3. The largest absolute Gasteiger partial charge is 0.496 e. The Morgan fingerprint density at radius 3 is 2.39 bits per heavy atom. The molecular weight excluding hydrogens is 462 g/mol. The van der Waals surface area contributed by atoms with Crippen LogP contribution in [0.5, 0.6) is 23.0 Å². The van der Waals surface area contributed by atoms with Gasteiger partial charge in [0.2, 0.25) is 5.90 Å². The third kappa shape index (κ3) is 5.55.